The number of piperidine rings is 1. The van der Waals surface area contributed by atoms with Gasteiger partial charge in [0.15, 0.2) is 0 Å². The zero-order valence-electron chi connectivity index (χ0n) is 9.75. The number of anilines is 2. The maximum atomic E-state index is 6.26. The highest BCUT2D eigenvalue weighted by molar-refractivity contribution is 6.34. The summed E-state index contributed by atoms with van der Waals surface area (Å²) in [5.74, 6) is 0. The van der Waals surface area contributed by atoms with Crippen molar-refractivity contribution in [1.82, 2.24) is 0 Å². The van der Waals surface area contributed by atoms with Gasteiger partial charge in [0.1, 0.15) is 0 Å². The molecule has 0 saturated carbocycles. The van der Waals surface area contributed by atoms with E-state index in [1.165, 1.54) is 19.3 Å². The molecule has 1 unspecified atom stereocenters. The number of nitrogens with zero attached hydrogens (tertiary/aromatic N) is 1. The van der Waals surface area contributed by atoms with Gasteiger partial charge in [-0.15, -0.1) is 0 Å². The van der Waals surface area contributed by atoms with Crippen LogP contribution in [0.1, 0.15) is 32.6 Å². The summed E-state index contributed by atoms with van der Waals surface area (Å²) < 4.78 is 0. The third kappa shape index (κ3) is 2.12. The van der Waals surface area contributed by atoms with Crippen molar-refractivity contribution in [1.29, 1.82) is 0 Å². The van der Waals surface area contributed by atoms with Crippen molar-refractivity contribution in [2.45, 2.75) is 38.6 Å². The third-order valence-electron chi connectivity index (χ3n) is 3.40. The van der Waals surface area contributed by atoms with Crippen molar-refractivity contribution >= 4 is 23.0 Å². The van der Waals surface area contributed by atoms with Crippen LogP contribution in [0.2, 0.25) is 5.02 Å². The zero-order valence-corrected chi connectivity index (χ0v) is 10.5. The fourth-order valence-corrected chi connectivity index (χ4v) is 2.84. The molecule has 1 fully saturated rings. The lowest BCUT2D eigenvalue weighted by atomic mass is 9.99. The number of rotatable bonds is 2. The minimum Gasteiger partial charge on any atom is -0.397 e. The Balaban J connectivity index is 2.34. The molecule has 2 nitrogen and oxygen atoms in total. The van der Waals surface area contributed by atoms with Gasteiger partial charge in [-0.05, 0) is 37.8 Å². The lowest BCUT2D eigenvalue weighted by Crippen LogP contribution is -2.39. The van der Waals surface area contributed by atoms with Gasteiger partial charge in [0.2, 0.25) is 0 Å². The van der Waals surface area contributed by atoms with Crippen molar-refractivity contribution in [3.8, 4) is 0 Å². The van der Waals surface area contributed by atoms with E-state index >= 15 is 0 Å². The number of nitrogens with two attached hydrogens (primary N) is 1. The Morgan fingerprint density at radius 3 is 2.94 bits per heavy atom. The largest absolute Gasteiger partial charge is 0.397 e. The molecule has 2 N–H and O–H groups in total. The fourth-order valence-electron chi connectivity index (χ4n) is 2.55. The number of nitrogen functional groups attached to an aromatic ring is 1. The molecule has 1 aromatic rings. The lowest BCUT2D eigenvalue weighted by Gasteiger charge is -2.38. The van der Waals surface area contributed by atoms with Gasteiger partial charge in [0.25, 0.3) is 0 Å². The predicted molar refractivity (Wildman–Crippen MR) is 71.1 cm³/mol. The molecular formula is C13H19ClN2. The normalized spacial score (nSPS) is 21.1. The third-order valence-corrected chi connectivity index (χ3v) is 3.71. The molecule has 88 valence electrons. The van der Waals surface area contributed by atoms with Crippen LogP contribution in [0.4, 0.5) is 11.4 Å². The van der Waals surface area contributed by atoms with Crippen LogP contribution in [0.15, 0.2) is 18.2 Å². The topological polar surface area (TPSA) is 29.3 Å². The minimum absolute atomic E-state index is 0.593. The molecule has 1 atom stereocenters. The second kappa shape index (κ2) is 4.96. The van der Waals surface area contributed by atoms with E-state index in [4.69, 9.17) is 17.3 Å². The SMILES string of the molecule is CCC1CCCCN1c1c(N)cccc1Cl. The Kier molecular flexibility index (Phi) is 3.59. The summed E-state index contributed by atoms with van der Waals surface area (Å²) in [7, 11) is 0. The van der Waals surface area contributed by atoms with Crippen LogP contribution in [-0.2, 0) is 0 Å². The molecular weight excluding hydrogens is 220 g/mol. The second-order valence-electron chi connectivity index (χ2n) is 4.43. The minimum atomic E-state index is 0.593. The summed E-state index contributed by atoms with van der Waals surface area (Å²) in [6.07, 6.45) is 4.96. The Morgan fingerprint density at radius 2 is 2.25 bits per heavy atom. The standard InChI is InChI=1S/C13H19ClN2/c1-2-10-6-3-4-9-16(10)13-11(14)7-5-8-12(13)15/h5,7-8,10H,2-4,6,9,15H2,1H3. The average molecular weight is 239 g/mol. The van der Waals surface area contributed by atoms with Crippen molar-refractivity contribution in [2.24, 2.45) is 0 Å². The first kappa shape index (κ1) is 11.6. The highest BCUT2D eigenvalue weighted by Crippen LogP contribution is 2.36. The highest BCUT2D eigenvalue weighted by atomic mass is 35.5. The summed E-state index contributed by atoms with van der Waals surface area (Å²) in [5, 5.41) is 0.778. The fraction of sp³-hybridized carbons (Fsp3) is 0.538. The molecule has 0 spiro atoms. The van der Waals surface area contributed by atoms with Gasteiger partial charge in [-0.3, -0.25) is 0 Å². The van der Waals surface area contributed by atoms with Crippen LogP contribution in [0, 0.1) is 0 Å². The van der Waals surface area contributed by atoms with Crippen molar-refractivity contribution in [3.63, 3.8) is 0 Å². The van der Waals surface area contributed by atoms with Gasteiger partial charge in [0.05, 0.1) is 16.4 Å². The van der Waals surface area contributed by atoms with E-state index in [9.17, 15) is 0 Å². The molecule has 1 aliphatic rings. The molecule has 0 radical (unpaired) electrons. The van der Waals surface area contributed by atoms with Gasteiger partial charge in [-0.2, -0.15) is 0 Å². The molecule has 1 saturated heterocycles. The van der Waals surface area contributed by atoms with E-state index in [0.29, 0.717) is 6.04 Å². The maximum Gasteiger partial charge on any atom is 0.0791 e. The number of benzene rings is 1. The Labute approximate surface area is 102 Å². The van der Waals surface area contributed by atoms with E-state index < -0.39 is 0 Å². The highest BCUT2D eigenvalue weighted by Gasteiger charge is 2.24. The van der Waals surface area contributed by atoms with Crippen LogP contribution >= 0.6 is 11.6 Å². The molecule has 0 aliphatic carbocycles. The smallest absolute Gasteiger partial charge is 0.0791 e. The lowest BCUT2D eigenvalue weighted by molar-refractivity contribution is 0.450. The molecule has 0 amide bonds. The van der Waals surface area contributed by atoms with Crippen molar-refractivity contribution in [2.75, 3.05) is 17.2 Å². The number of hydrogen-bond donors (Lipinski definition) is 1. The van der Waals surface area contributed by atoms with Gasteiger partial charge < -0.3 is 10.6 Å². The van der Waals surface area contributed by atoms with Crippen molar-refractivity contribution in [3.05, 3.63) is 23.2 Å². The molecule has 1 aliphatic heterocycles. The van der Waals surface area contributed by atoms with Gasteiger partial charge >= 0.3 is 0 Å². The summed E-state index contributed by atoms with van der Waals surface area (Å²) in [4.78, 5) is 2.39. The first-order chi connectivity index (χ1) is 7.74. The molecule has 2 rings (SSSR count). The maximum absolute atomic E-state index is 6.26. The zero-order chi connectivity index (χ0) is 11.5. The number of para-hydroxylation sites is 1. The second-order valence-corrected chi connectivity index (χ2v) is 4.84. The molecule has 1 heterocycles. The Hall–Kier alpha value is -0.890. The summed E-state index contributed by atoms with van der Waals surface area (Å²) in [5.41, 5.74) is 7.88. The monoisotopic (exact) mass is 238 g/mol. The molecule has 3 heteroatoms. The summed E-state index contributed by atoms with van der Waals surface area (Å²) in [6.45, 7) is 3.31. The molecule has 16 heavy (non-hydrogen) atoms. The first-order valence-corrected chi connectivity index (χ1v) is 6.42. The number of halogens is 1. The van der Waals surface area contributed by atoms with Crippen LogP contribution in [-0.4, -0.2) is 12.6 Å². The van der Waals surface area contributed by atoms with E-state index in [1.807, 2.05) is 18.2 Å². The van der Waals surface area contributed by atoms with E-state index in [1.54, 1.807) is 0 Å². The first-order valence-electron chi connectivity index (χ1n) is 6.04. The predicted octanol–water partition coefficient (Wildman–Crippen LogP) is 3.69. The van der Waals surface area contributed by atoms with Gasteiger partial charge in [0, 0.05) is 12.6 Å². The van der Waals surface area contributed by atoms with E-state index in [2.05, 4.69) is 11.8 Å². The number of hydrogen-bond acceptors (Lipinski definition) is 2. The van der Waals surface area contributed by atoms with Crippen LogP contribution in [0.5, 0.6) is 0 Å². The van der Waals surface area contributed by atoms with E-state index in [0.717, 1.165) is 29.4 Å². The molecule has 1 aromatic carbocycles. The van der Waals surface area contributed by atoms with E-state index in [-0.39, 0.29) is 0 Å². The molecule has 0 bridgehead atoms. The summed E-state index contributed by atoms with van der Waals surface area (Å²) in [6, 6.07) is 6.36. The van der Waals surface area contributed by atoms with Crippen LogP contribution < -0.4 is 10.6 Å². The molecule has 0 aromatic heterocycles. The quantitative estimate of drug-likeness (QED) is 0.797. The van der Waals surface area contributed by atoms with Crippen LogP contribution in [0.25, 0.3) is 0 Å². The average Bonchev–Trinajstić information content (AvgIpc) is 2.29. The van der Waals surface area contributed by atoms with Crippen molar-refractivity contribution < 1.29 is 0 Å². The van der Waals surface area contributed by atoms with Gasteiger partial charge in [-0.25, -0.2) is 0 Å². The Morgan fingerprint density at radius 1 is 1.44 bits per heavy atom. The van der Waals surface area contributed by atoms with Crippen LogP contribution in [0.3, 0.4) is 0 Å². The summed E-state index contributed by atoms with van der Waals surface area (Å²) >= 11 is 6.26. The Bertz CT molecular complexity index is 345. The van der Waals surface area contributed by atoms with Gasteiger partial charge in [-0.1, -0.05) is 24.6 Å².